The van der Waals surface area contributed by atoms with Crippen LogP contribution >= 0.6 is 0 Å². The van der Waals surface area contributed by atoms with Gasteiger partial charge < -0.3 is 9.47 Å². The Morgan fingerprint density at radius 1 is 0.955 bits per heavy atom. The van der Waals surface area contributed by atoms with Gasteiger partial charge in [0, 0.05) is 0 Å². The molecular formula is C16H12N2O4. The standard InChI is InChI=1S/C16H12N2O4/c1-21-15(19)13(9-17)7-11-4-3-5-12(6-11)8-14(10-18)16(20)22-2/h3-8H,1-2H3/b13-7+,14-8+. The normalized spacial score (nSPS) is 11.1. The van der Waals surface area contributed by atoms with Crippen LogP contribution in [-0.4, -0.2) is 26.2 Å². The van der Waals surface area contributed by atoms with Crippen molar-refractivity contribution in [1.29, 1.82) is 10.5 Å². The van der Waals surface area contributed by atoms with Crippen LogP contribution in [0, 0.1) is 22.7 Å². The molecular weight excluding hydrogens is 284 g/mol. The highest BCUT2D eigenvalue weighted by atomic mass is 16.5. The van der Waals surface area contributed by atoms with Gasteiger partial charge in [0.15, 0.2) is 0 Å². The summed E-state index contributed by atoms with van der Waals surface area (Å²) in [4.78, 5) is 22.7. The molecule has 0 aliphatic carbocycles. The van der Waals surface area contributed by atoms with E-state index in [1.54, 1.807) is 36.4 Å². The first-order valence-electron chi connectivity index (χ1n) is 6.06. The lowest BCUT2D eigenvalue weighted by molar-refractivity contribution is -0.136. The average molecular weight is 296 g/mol. The summed E-state index contributed by atoms with van der Waals surface area (Å²) >= 11 is 0. The van der Waals surface area contributed by atoms with Crippen LogP contribution in [-0.2, 0) is 19.1 Å². The molecule has 0 aromatic heterocycles. The maximum atomic E-state index is 11.4. The highest BCUT2D eigenvalue weighted by Crippen LogP contribution is 2.14. The van der Waals surface area contributed by atoms with Gasteiger partial charge in [-0.25, -0.2) is 9.59 Å². The molecule has 0 saturated heterocycles. The summed E-state index contributed by atoms with van der Waals surface area (Å²) in [6, 6.07) is 10.1. The van der Waals surface area contributed by atoms with Crippen LogP contribution in [0.5, 0.6) is 0 Å². The quantitative estimate of drug-likeness (QED) is 0.477. The number of carbonyl (C=O) groups excluding carboxylic acids is 2. The number of methoxy groups -OCH3 is 2. The number of rotatable bonds is 4. The molecule has 0 aliphatic heterocycles. The van der Waals surface area contributed by atoms with Gasteiger partial charge in [-0.3, -0.25) is 0 Å². The molecule has 0 heterocycles. The van der Waals surface area contributed by atoms with Crippen molar-refractivity contribution in [1.82, 2.24) is 0 Å². The van der Waals surface area contributed by atoms with Crippen molar-refractivity contribution in [2.75, 3.05) is 14.2 Å². The van der Waals surface area contributed by atoms with Gasteiger partial charge in [-0.1, -0.05) is 18.2 Å². The van der Waals surface area contributed by atoms with E-state index in [0.717, 1.165) is 0 Å². The summed E-state index contributed by atoms with van der Waals surface area (Å²) in [5.74, 6) is -1.48. The maximum absolute atomic E-state index is 11.4. The van der Waals surface area contributed by atoms with Crippen LogP contribution in [0.2, 0.25) is 0 Å². The van der Waals surface area contributed by atoms with Crippen molar-refractivity contribution in [2.24, 2.45) is 0 Å². The Labute approximate surface area is 127 Å². The van der Waals surface area contributed by atoms with E-state index < -0.39 is 11.9 Å². The summed E-state index contributed by atoms with van der Waals surface area (Å²) < 4.78 is 8.98. The number of nitriles is 2. The largest absolute Gasteiger partial charge is 0.465 e. The Hall–Kier alpha value is -3.38. The van der Waals surface area contributed by atoms with Crippen molar-refractivity contribution < 1.29 is 19.1 Å². The molecule has 1 aromatic rings. The van der Waals surface area contributed by atoms with Gasteiger partial charge in [0.1, 0.15) is 23.3 Å². The van der Waals surface area contributed by atoms with Crippen LogP contribution in [0.3, 0.4) is 0 Å². The fourth-order valence-electron chi connectivity index (χ4n) is 1.57. The van der Waals surface area contributed by atoms with Gasteiger partial charge in [-0.15, -0.1) is 0 Å². The molecule has 0 atom stereocenters. The third-order valence-corrected chi connectivity index (χ3v) is 2.58. The lowest BCUT2D eigenvalue weighted by Gasteiger charge is -2.00. The number of ether oxygens (including phenoxy) is 2. The van der Waals surface area contributed by atoms with Gasteiger partial charge in [0.05, 0.1) is 14.2 Å². The number of nitrogens with zero attached hydrogens (tertiary/aromatic N) is 2. The Kier molecular flexibility index (Phi) is 6.09. The lowest BCUT2D eigenvalue weighted by atomic mass is 10.1. The van der Waals surface area contributed by atoms with Crippen LogP contribution in [0.15, 0.2) is 35.4 Å². The van der Waals surface area contributed by atoms with Crippen molar-refractivity contribution >= 4 is 24.1 Å². The van der Waals surface area contributed by atoms with E-state index in [4.69, 9.17) is 10.5 Å². The predicted octanol–water partition coefficient (Wildman–Crippen LogP) is 1.85. The molecule has 0 aliphatic rings. The molecule has 0 amide bonds. The number of carbonyl (C=O) groups is 2. The van der Waals surface area contributed by atoms with Crippen molar-refractivity contribution in [3.05, 3.63) is 46.5 Å². The predicted molar refractivity (Wildman–Crippen MR) is 77.7 cm³/mol. The van der Waals surface area contributed by atoms with Crippen LogP contribution < -0.4 is 0 Å². The SMILES string of the molecule is COC(=O)/C(C#N)=C/c1cccc(/C=C(\C#N)C(=O)OC)c1. The zero-order valence-corrected chi connectivity index (χ0v) is 12.0. The maximum Gasteiger partial charge on any atom is 0.348 e. The van der Waals surface area contributed by atoms with E-state index in [1.807, 2.05) is 0 Å². The highest BCUT2D eigenvalue weighted by molar-refractivity contribution is 5.99. The molecule has 0 fully saturated rings. The fourth-order valence-corrected chi connectivity index (χ4v) is 1.57. The first-order valence-corrected chi connectivity index (χ1v) is 6.06. The molecule has 110 valence electrons. The molecule has 0 bridgehead atoms. The lowest BCUT2D eigenvalue weighted by Crippen LogP contribution is -2.03. The zero-order valence-electron chi connectivity index (χ0n) is 12.0. The molecule has 6 nitrogen and oxygen atoms in total. The van der Waals surface area contributed by atoms with Gasteiger partial charge in [0.25, 0.3) is 0 Å². The monoisotopic (exact) mass is 296 g/mol. The van der Waals surface area contributed by atoms with Crippen molar-refractivity contribution in [3.8, 4) is 12.1 Å². The number of hydrogen-bond donors (Lipinski definition) is 0. The minimum Gasteiger partial charge on any atom is -0.465 e. The van der Waals surface area contributed by atoms with Gasteiger partial charge in [-0.05, 0) is 29.3 Å². The molecule has 22 heavy (non-hydrogen) atoms. The summed E-state index contributed by atoms with van der Waals surface area (Å²) in [7, 11) is 2.37. The molecule has 0 N–H and O–H groups in total. The number of benzene rings is 1. The molecule has 6 heteroatoms. The van der Waals surface area contributed by atoms with Crippen LogP contribution in [0.1, 0.15) is 11.1 Å². The first-order chi connectivity index (χ1) is 10.5. The minimum atomic E-state index is -0.740. The van der Waals surface area contributed by atoms with E-state index in [-0.39, 0.29) is 11.1 Å². The van der Waals surface area contributed by atoms with E-state index in [1.165, 1.54) is 26.4 Å². The molecule has 0 saturated carbocycles. The van der Waals surface area contributed by atoms with Crippen molar-refractivity contribution in [2.45, 2.75) is 0 Å². The second-order valence-electron chi connectivity index (χ2n) is 3.99. The third kappa shape index (κ3) is 4.32. The van der Waals surface area contributed by atoms with Crippen LogP contribution in [0.4, 0.5) is 0 Å². The summed E-state index contributed by atoms with van der Waals surface area (Å²) in [5, 5.41) is 17.8. The van der Waals surface area contributed by atoms with Gasteiger partial charge >= 0.3 is 11.9 Å². The Morgan fingerprint density at radius 3 is 1.68 bits per heavy atom. The number of hydrogen-bond acceptors (Lipinski definition) is 6. The van der Waals surface area contributed by atoms with E-state index in [0.29, 0.717) is 11.1 Å². The first kappa shape index (κ1) is 16.7. The molecule has 1 aromatic carbocycles. The van der Waals surface area contributed by atoms with Gasteiger partial charge in [0.2, 0.25) is 0 Å². The second kappa shape index (κ2) is 8.03. The Balaban J connectivity index is 3.21. The van der Waals surface area contributed by atoms with E-state index in [9.17, 15) is 9.59 Å². The van der Waals surface area contributed by atoms with E-state index in [2.05, 4.69) is 9.47 Å². The van der Waals surface area contributed by atoms with E-state index >= 15 is 0 Å². The zero-order chi connectivity index (χ0) is 16.5. The molecule has 0 spiro atoms. The van der Waals surface area contributed by atoms with Crippen molar-refractivity contribution in [3.63, 3.8) is 0 Å². The smallest absolute Gasteiger partial charge is 0.348 e. The summed E-state index contributed by atoms with van der Waals surface area (Å²) in [6.07, 6.45) is 2.71. The minimum absolute atomic E-state index is 0.155. The Bertz CT molecular complexity index is 674. The summed E-state index contributed by atoms with van der Waals surface area (Å²) in [5.41, 5.74) is 0.796. The molecule has 0 radical (unpaired) electrons. The fraction of sp³-hybridized carbons (Fsp3) is 0.125. The Morgan fingerprint density at radius 2 is 1.36 bits per heavy atom. The van der Waals surface area contributed by atoms with Crippen LogP contribution in [0.25, 0.3) is 12.2 Å². The highest BCUT2D eigenvalue weighted by Gasteiger charge is 2.10. The third-order valence-electron chi connectivity index (χ3n) is 2.58. The molecule has 1 rings (SSSR count). The van der Waals surface area contributed by atoms with Gasteiger partial charge in [-0.2, -0.15) is 10.5 Å². The number of esters is 2. The molecule has 0 unspecified atom stereocenters. The topological polar surface area (TPSA) is 100 Å². The average Bonchev–Trinajstić information content (AvgIpc) is 2.56. The summed E-state index contributed by atoms with van der Waals surface area (Å²) in [6.45, 7) is 0. The second-order valence-corrected chi connectivity index (χ2v) is 3.99.